The summed E-state index contributed by atoms with van der Waals surface area (Å²) >= 11 is 0. The Morgan fingerprint density at radius 2 is 2.16 bits per heavy atom. The molecule has 2 heterocycles. The van der Waals surface area contributed by atoms with Crippen molar-refractivity contribution in [1.29, 1.82) is 0 Å². The number of anilines is 2. The van der Waals surface area contributed by atoms with Crippen molar-refractivity contribution in [2.75, 3.05) is 17.6 Å². The van der Waals surface area contributed by atoms with Crippen molar-refractivity contribution >= 4 is 28.6 Å². The highest BCUT2D eigenvalue weighted by Gasteiger charge is 2.19. The van der Waals surface area contributed by atoms with Crippen LogP contribution in [0.3, 0.4) is 0 Å². The van der Waals surface area contributed by atoms with E-state index in [0.717, 1.165) is 23.1 Å². The first-order valence-electron chi connectivity index (χ1n) is 6.28. The van der Waals surface area contributed by atoms with Gasteiger partial charge in [0, 0.05) is 24.4 Å². The normalized spacial score (nSPS) is 19.2. The van der Waals surface area contributed by atoms with Gasteiger partial charge >= 0.3 is 0 Å². The van der Waals surface area contributed by atoms with Crippen LogP contribution in [0.25, 0.3) is 10.9 Å². The summed E-state index contributed by atoms with van der Waals surface area (Å²) in [6, 6.07) is 7.89. The fourth-order valence-corrected chi connectivity index (χ4v) is 2.25. The number of rotatable bonds is 2. The molecule has 1 aromatic carbocycles. The van der Waals surface area contributed by atoms with Crippen LogP contribution in [0.2, 0.25) is 0 Å². The first kappa shape index (κ1) is 11.7. The summed E-state index contributed by atoms with van der Waals surface area (Å²) in [6.07, 6.45) is 1.33. The summed E-state index contributed by atoms with van der Waals surface area (Å²) in [5.41, 5.74) is 6.54. The molecule has 1 atom stereocenters. The van der Waals surface area contributed by atoms with Gasteiger partial charge in [0.2, 0.25) is 11.9 Å². The smallest absolute Gasteiger partial charge is 0.222 e. The third kappa shape index (κ3) is 2.42. The standard InChI is InChI=1S/C13H15N5O/c14-13-17-10-4-2-1-3-9(10)12(18-13)16-8-5-6-11(19)15-7-8/h1-4,8H,5-7H2,(H,15,19)(H3,14,16,17,18). The molecule has 1 fully saturated rings. The monoisotopic (exact) mass is 257 g/mol. The molecule has 1 unspecified atom stereocenters. The number of nitrogens with one attached hydrogen (secondary N) is 2. The van der Waals surface area contributed by atoms with Crippen molar-refractivity contribution in [2.24, 2.45) is 0 Å². The molecule has 98 valence electrons. The zero-order valence-corrected chi connectivity index (χ0v) is 10.4. The summed E-state index contributed by atoms with van der Waals surface area (Å²) in [7, 11) is 0. The van der Waals surface area contributed by atoms with E-state index in [1.54, 1.807) is 0 Å². The number of amides is 1. The van der Waals surface area contributed by atoms with Gasteiger partial charge in [-0.05, 0) is 18.6 Å². The number of para-hydroxylation sites is 1. The number of hydrogen-bond acceptors (Lipinski definition) is 5. The first-order valence-corrected chi connectivity index (χ1v) is 6.28. The van der Waals surface area contributed by atoms with E-state index in [0.29, 0.717) is 13.0 Å². The van der Waals surface area contributed by atoms with Crippen molar-refractivity contribution in [2.45, 2.75) is 18.9 Å². The van der Waals surface area contributed by atoms with Crippen molar-refractivity contribution in [3.05, 3.63) is 24.3 Å². The molecule has 6 nitrogen and oxygen atoms in total. The van der Waals surface area contributed by atoms with Crippen molar-refractivity contribution < 1.29 is 4.79 Å². The van der Waals surface area contributed by atoms with Crippen LogP contribution in [-0.4, -0.2) is 28.5 Å². The number of aromatic nitrogens is 2. The number of carbonyl (C=O) groups is 1. The molecular weight excluding hydrogens is 242 g/mol. The number of nitrogen functional groups attached to an aromatic ring is 1. The second-order valence-corrected chi connectivity index (χ2v) is 4.63. The predicted octanol–water partition coefficient (Wildman–Crippen LogP) is 0.902. The molecule has 1 amide bonds. The van der Waals surface area contributed by atoms with E-state index in [1.807, 2.05) is 24.3 Å². The molecule has 3 rings (SSSR count). The summed E-state index contributed by atoms with van der Waals surface area (Å²) in [5.74, 6) is 1.08. The van der Waals surface area contributed by atoms with Gasteiger partial charge in [-0.15, -0.1) is 0 Å². The summed E-state index contributed by atoms with van der Waals surface area (Å²) in [6.45, 7) is 0.608. The summed E-state index contributed by atoms with van der Waals surface area (Å²) in [4.78, 5) is 19.6. The zero-order chi connectivity index (χ0) is 13.2. The molecule has 1 aliphatic heterocycles. The van der Waals surface area contributed by atoms with Crippen molar-refractivity contribution in [1.82, 2.24) is 15.3 Å². The molecule has 0 aliphatic carbocycles. The van der Waals surface area contributed by atoms with Crippen molar-refractivity contribution in [3.8, 4) is 0 Å². The molecule has 0 radical (unpaired) electrons. The molecule has 4 N–H and O–H groups in total. The van der Waals surface area contributed by atoms with Gasteiger partial charge in [0.1, 0.15) is 5.82 Å². The molecule has 2 aromatic rings. The molecule has 0 bridgehead atoms. The summed E-state index contributed by atoms with van der Waals surface area (Å²) in [5, 5.41) is 7.12. The molecule has 1 aromatic heterocycles. The van der Waals surface area contributed by atoms with Gasteiger partial charge in [0.15, 0.2) is 0 Å². The van der Waals surface area contributed by atoms with Crippen molar-refractivity contribution in [3.63, 3.8) is 0 Å². The fraction of sp³-hybridized carbons (Fsp3) is 0.308. The van der Waals surface area contributed by atoms with Crippen LogP contribution >= 0.6 is 0 Å². The lowest BCUT2D eigenvalue weighted by molar-refractivity contribution is -0.122. The second kappa shape index (κ2) is 4.72. The SMILES string of the molecule is Nc1nc(NC2CCC(=O)NC2)c2ccccc2n1. The average Bonchev–Trinajstić information content (AvgIpc) is 2.41. The molecule has 1 aliphatic rings. The number of piperidine rings is 1. The maximum atomic E-state index is 11.1. The molecule has 1 saturated heterocycles. The highest BCUT2D eigenvalue weighted by molar-refractivity contribution is 5.90. The van der Waals surface area contributed by atoms with Crippen LogP contribution in [0.5, 0.6) is 0 Å². The van der Waals surface area contributed by atoms with E-state index < -0.39 is 0 Å². The Bertz CT molecular complexity index is 617. The number of benzene rings is 1. The first-order chi connectivity index (χ1) is 9.22. The lowest BCUT2D eigenvalue weighted by Gasteiger charge is -2.24. The lowest BCUT2D eigenvalue weighted by atomic mass is 10.1. The zero-order valence-electron chi connectivity index (χ0n) is 10.4. The largest absolute Gasteiger partial charge is 0.368 e. The van der Waals surface area contributed by atoms with Gasteiger partial charge in [0.25, 0.3) is 0 Å². The Kier molecular flexibility index (Phi) is 2.91. The topological polar surface area (TPSA) is 92.9 Å². The maximum Gasteiger partial charge on any atom is 0.222 e. The summed E-state index contributed by atoms with van der Waals surface area (Å²) < 4.78 is 0. The van der Waals surface area contributed by atoms with E-state index in [2.05, 4.69) is 20.6 Å². The lowest BCUT2D eigenvalue weighted by Crippen LogP contribution is -2.42. The number of hydrogen-bond donors (Lipinski definition) is 3. The molecule has 6 heteroatoms. The predicted molar refractivity (Wildman–Crippen MR) is 73.6 cm³/mol. The van der Waals surface area contributed by atoms with Crippen LogP contribution in [0.1, 0.15) is 12.8 Å². The van der Waals surface area contributed by atoms with Gasteiger partial charge in [-0.1, -0.05) is 12.1 Å². The Morgan fingerprint density at radius 3 is 2.95 bits per heavy atom. The minimum Gasteiger partial charge on any atom is -0.368 e. The van der Waals surface area contributed by atoms with E-state index in [1.165, 1.54) is 0 Å². The van der Waals surface area contributed by atoms with Gasteiger partial charge in [-0.3, -0.25) is 4.79 Å². The average molecular weight is 257 g/mol. The Morgan fingerprint density at radius 1 is 1.32 bits per heavy atom. The number of nitrogens with zero attached hydrogens (tertiary/aromatic N) is 2. The highest BCUT2D eigenvalue weighted by atomic mass is 16.1. The Balaban J connectivity index is 1.89. The fourth-order valence-electron chi connectivity index (χ4n) is 2.25. The molecular formula is C13H15N5O. The van der Waals surface area contributed by atoms with E-state index in [-0.39, 0.29) is 17.9 Å². The van der Waals surface area contributed by atoms with Gasteiger partial charge in [0.05, 0.1) is 5.52 Å². The highest BCUT2D eigenvalue weighted by Crippen LogP contribution is 2.22. The van der Waals surface area contributed by atoms with Crippen LogP contribution in [0.15, 0.2) is 24.3 Å². The molecule has 0 spiro atoms. The van der Waals surface area contributed by atoms with Crippen LogP contribution in [0.4, 0.5) is 11.8 Å². The third-order valence-corrected chi connectivity index (χ3v) is 3.23. The van der Waals surface area contributed by atoms with E-state index in [9.17, 15) is 4.79 Å². The minimum atomic E-state index is 0.102. The van der Waals surface area contributed by atoms with Gasteiger partial charge in [-0.2, -0.15) is 4.98 Å². The van der Waals surface area contributed by atoms with Crippen LogP contribution < -0.4 is 16.4 Å². The molecule has 19 heavy (non-hydrogen) atoms. The van der Waals surface area contributed by atoms with E-state index in [4.69, 9.17) is 5.73 Å². The second-order valence-electron chi connectivity index (χ2n) is 4.63. The maximum absolute atomic E-state index is 11.1. The van der Waals surface area contributed by atoms with Crippen LogP contribution in [0, 0.1) is 0 Å². The minimum absolute atomic E-state index is 0.102. The van der Waals surface area contributed by atoms with Crippen LogP contribution in [-0.2, 0) is 4.79 Å². The number of carbonyl (C=O) groups excluding carboxylic acids is 1. The third-order valence-electron chi connectivity index (χ3n) is 3.23. The van der Waals surface area contributed by atoms with Gasteiger partial charge < -0.3 is 16.4 Å². The Hall–Kier alpha value is -2.37. The van der Waals surface area contributed by atoms with Gasteiger partial charge in [-0.25, -0.2) is 4.98 Å². The molecule has 0 saturated carbocycles. The van der Waals surface area contributed by atoms with E-state index >= 15 is 0 Å². The Labute approximate surface area is 110 Å². The number of fused-ring (bicyclic) bond motifs is 1. The number of nitrogens with two attached hydrogens (primary N) is 1. The quantitative estimate of drug-likeness (QED) is 0.743.